The highest BCUT2D eigenvalue weighted by molar-refractivity contribution is 5.83. The zero-order valence-corrected chi connectivity index (χ0v) is 10.0. The maximum Gasteiger partial charge on any atom is 0.278 e. The number of nitrogens with zero attached hydrogens (tertiary/aromatic N) is 2. The van der Waals surface area contributed by atoms with Crippen LogP contribution in [0.25, 0.3) is 10.8 Å². The highest BCUT2D eigenvalue weighted by Gasteiger charge is 2.16. The van der Waals surface area contributed by atoms with Crippen molar-refractivity contribution in [2.24, 2.45) is 0 Å². The van der Waals surface area contributed by atoms with E-state index in [9.17, 15) is 4.79 Å². The number of nitrogens with two attached hydrogens (primary N) is 1. The van der Waals surface area contributed by atoms with Crippen molar-refractivity contribution in [2.45, 2.75) is 0 Å². The molecule has 0 aliphatic carbocycles. The van der Waals surface area contributed by atoms with Gasteiger partial charge in [0, 0.05) is 5.39 Å². The highest BCUT2D eigenvalue weighted by atomic mass is 16.5. The second kappa shape index (κ2) is 4.34. The van der Waals surface area contributed by atoms with E-state index in [1.807, 2.05) is 35.3 Å². The molecule has 2 N–H and O–H groups in total. The number of hydrogen-bond acceptors (Lipinski definition) is 4. The smallest absolute Gasteiger partial charge is 0.278 e. The van der Waals surface area contributed by atoms with Gasteiger partial charge in [-0.3, -0.25) is 4.79 Å². The third-order valence-electron chi connectivity index (χ3n) is 3.20. The van der Waals surface area contributed by atoms with Crippen LogP contribution in [0.1, 0.15) is 0 Å². The van der Waals surface area contributed by atoms with Gasteiger partial charge in [-0.25, -0.2) is 4.68 Å². The molecule has 2 aromatic rings. The van der Waals surface area contributed by atoms with Crippen molar-refractivity contribution < 1.29 is 4.74 Å². The molecule has 1 saturated heterocycles. The number of aromatic nitrogens is 1. The second-order valence-electron chi connectivity index (χ2n) is 4.34. The summed E-state index contributed by atoms with van der Waals surface area (Å²) in [6.07, 6.45) is 0. The lowest BCUT2D eigenvalue weighted by Gasteiger charge is -2.31. The molecule has 1 aromatic carbocycles. The summed E-state index contributed by atoms with van der Waals surface area (Å²) in [5.41, 5.74) is 5.94. The molecule has 5 heteroatoms. The monoisotopic (exact) mass is 245 g/mol. The molecule has 1 fully saturated rings. The molecule has 2 heterocycles. The average Bonchev–Trinajstić information content (AvgIpc) is 2.40. The molecule has 94 valence electrons. The van der Waals surface area contributed by atoms with E-state index in [1.165, 1.54) is 0 Å². The summed E-state index contributed by atoms with van der Waals surface area (Å²) in [4.78, 5) is 12.4. The van der Waals surface area contributed by atoms with E-state index in [-0.39, 0.29) is 5.56 Å². The molecule has 3 rings (SSSR count). The Labute approximate surface area is 104 Å². The molecule has 1 aromatic heterocycles. The van der Waals surface area contributed by atoms with Gasteiger partial charge in [0.2, 0.25) is 0 Å². The van der Waals surface area contributed by atoms with E-state index in [2.05, 4.69) is 0 Å². The van der Waals surface area contributed by atoms with Crippen molar-refractivity contribution >= 4 is 16.6 Å². The predicted octanol–water partition coefficient (Wildman–Crippen LogP) is 0.552. The Morgan fingerprint density at radius 2 is 1.89 bits per heavy atom. The summed E-state index contributed by atoms with van der Waals surface area (Å²) in [7, 11) is 0. The normalized spacial score (nSPS) is 16.1. The van der Waals surface area contributed by atoms with Gasteiger partial charge in [-0.1, -0.05) is 18.2 Å². The summed E-state index contributed by atoms with van der Waals surface area (Å²) in [5.74, 6) is 0.473. The van der Waals surface area contributed by atoms with E-state index >= 15 is 0 Å². The van der Waals surface area contributed by atoms with Crippen molar-refractivity contribution in [3.05, 3.63) is 40.7 Å². The number of rotatable bonds is 1. The molecule has 0 unspecified atom stereocenters. The Balaban J connectivity index is 2.19. The Bertz CT molecular complexity index is 630. The van der Waals surface area contributed by atoms with Crippen LogP contribution in [0, 0.1) is 0 Å². The highest BCUT2D eigenvalue weighted by Crippen LogP contribution is 2.13. The van der Waals surface area contributed by atoms with Crippen LogP contribution in [0.15, 0.2) is 35.1 Å². The van der Waals surface area contributed by atoms with Gasteiger partial charge < -0.3 is 15.5 Å². The largest absolute Gasteiger partial charge is 0.384 e. The fourth-order valence-corrected chi connectivity index (χ4v) is 2.31. The standard InChI is InChI=1S/C13H15N3O2/c14-12-9-10-3-1-2-4-11(10)13(17)16(12)15-5-7-18-8-6-15/h1-4,9H,5-8,14H2. The topological polar surface area (TPSA) is 60.5 Å². The van der Waals surface area contributed by atoms with Gasteiger partial charge >= 0.3 is 0 Å². The van der Waals surface area contributed by atoms with Gasteiger partial charge in [-0.2, -0.15) is 0 Å². The number of hydrogen-bond donors (Lipinski definition) is 1. The van der Waals surface area contributed by atoms with Crippen LogP contribution >= 0.6 is 0 Å². The molecule has 0 amide bonds. The van der Waals surface area contributed by atoms with E-state index < -0.39 is 0 Å². The van der Waals surface area contributed by atoms with E-state index in [1.54, 1.807) is 4.68 Å². The van der Waals surface area contributed by atoms with Gasteiger partial charge in [0.15, 0.2) is 0 Å². The molecule has 5 nitrogen and oxygen atoms in total. The van der Waals surface area contributed by atoms with Crippen LogP contribution in [0.4, 0.5) is 5.82 Å². The summed E-state index contributed by atoms with van der Waals surface area (Å²) in [5, 5.41) is 3.51. The van der Waals surface area contributed by atoms with Crippen LogP contribution in [0.5, 0.6) is 0 Å². The summed E-state index contributed by atoms with van der Waals surface area (Å²) in [6.45, 7) is 2.61. The molecule has 1 aliphatic rings. The Hall–Kier alpha value is -2.01. The molecular weight excluding hydrogens is 230 g/mol. The first-order valence-electron chi connectivity index (χ1n) is 6.00. The second-order valence-corrected chi connectivity index (χ2v) is 4.34. The van der Waals surface area contributed by atoms with Crippen molar-refractivity contribution in [3.63, 3.8) is 0 Å². The quantitative estimate of drug-likeness (QED) is 0.797. The molecule has 0 radical (unpaired) electrons. The number of benzene rings is 1. The molecule has 0 spiro atoms. The van der Waals surface area contributed by atoms with Crippen molar-refractivity contribution in [1.29, 1.82) is 0 Å². The number of ether oxygens (including phenoxy) is 1. The average molecular weight is 245 g/mol. The number of morpholine rings is 1. The van der Waals surface area contributed by atoms with Crippen molar-refractivity contribution in [3.8, 4) is 0 Å². The van der Waals surface area contributed by atoms with Crippen LogP contribution < -0.4 is 16.3 Å². The molecule has 18 heavy (non-hydrogen) atoms. The van der Waals surface area contributed by atoms with Crippen molar-refractivity contribution in [1.82, 2.24) is 4.68 Å². The van der Waals surface area contributed by atoms with Gasteiger partial charge in [0.25, 0.3) is 5.56 Å². The molecule has 1 aliphatic heterocycles. The minimum absolute atomic E-state index is 0.0625. The van der Waals surface area contributed by atoms with Crippen molar-refractivity contribution in [2.75, 3.05) is 37.0 Å². The minimum Gasteiger partial charge on any atom is -0.384 e. The lowest BCUT2D eigenvalue weighted by Crippen LogP contribution is -2.49. The van der Waals surface area contributed by atoms with Crippen LogP contribution in [0.2, 0.25) is 0 Å². The van der Waals surface area contributed by atoms with Gasteiger partial charge in [-0.05, 0) is 17.5 Å². The maximum absolute atomic E-state index is 12.4. The zero-order valence-electron chi connectivity index (χ0n) is 10.0. The molecule has 0 bridgehead atoms. The Kier molecular flexibility index (Phi) is 2.68. The van der Waals surface area contributed by atoms with E-state index in [0.29, 0.717) is 37.5 Å². The summed E-state index contributed by atoms with van der Waals surface area (Å²) < 4.78 is 6.85. The number of pyridine rings is 1. The Morgan fingerprint density at radius 1 is 1.17 bits per heavy atom. The Morgan fingerprint density at radius 3 is 2.67 bits per heavy atom. The molecular formula is C13H15N3O2. The molecule has 0 atom stereocenters. The van der Waals surface area contributed by atoms with Crippen LogP contribution in [-0.2, 0) is 4.74 Å². The van der Waals surface area contributed by atoms with E-state index in [4.69, 9.17) is 10.5 Å². The lowest BCUT2D eigenvalue weighted by molar-refractivity contribution is 0.111. The lowest BCUT2D eigenvalue weighted by atomic mass is 10.2. The number of nitrogen functional groups attached to an aromatic ring is 1. The first kappa shape index (κ1) is 11.1. The van der Waals surface area contributed by atoms with Gasteiger partial charge in [-0.15, -0.1) is 0 Å². The number of anilines is 1. The van der Waals surface area contributed by atoms with Gasteiger partial charge in [0.1, 0.15) is 5.82 Å². The first-order valence-corrected chi connectivity index (χ1v) is 6.00. The fourth-order valence-electron chi connectivity index (χ4n) is 2.31. The van der Waals surface area contributed by atoms with Gasteiger partial charge in [0.05, 0.1) is 26.3 Å². The predicted molar refractivity (Wildman–Crippen MR) is 71.4 cm³/mol. The third kappa shape index (κ3) is 1.73. The summed E-state index contributed by atoms with van der Waals surface area (Å²) >= 11 is 0. The first-order chi connectivity index (χ1) is 8.77. The third-order valence-corrected chi connectivity index (χ3v) is 3.20. The van der Waals surface area contributed by atoms with Crippen LogP contribution in [-0.4, -0.2) is 31.0 Å². The minimum atomic E-state index is -0.0625. The summed E-state index contributed by atoms with van der Waals surface area (Å²) in [6, 6.07) is 9.33. The maximum atomic E-state index is 12.4. The fraction of sp³-hybridized carbons (Fsp3) is 0.308. The SMILES string of the molecule is Nc1cc2ccccc2c(=O)n1N1CCOCC1. The number of fused-ring (bicyclic) bond motifs is 1. The zero-order chi connectivity index (χ0) is 12.5. The van der Waals surface area contributed by atoms with Crippen LogP contribution in [0.3, 0.4) is 0 Å². The van der Waals surface area contributed by atoms with E-state index in [0.717, 1.165) is 5.39 Å². The molecule has 0 saturated carbocycles.